The second-order valence-corrected chi connectivity index (χ2v) is 4.62. The average molecular weight is 273 g/mol. The summed E-state index contributed by atoms with van der Waals surface area (Å²) >= 11 is 0. The number of nitrogens with zero attached hydrogens (tertiary/aromatic N) is 2. The minimum atomic E-state index is -1.23. The fourth-order valence-electron chi connectivity index (χ4n) is 1.83. The van der Waals surface area contributed by atoms with Gasteiger partial charge in [0.2, 0.25) is 0 Å². The van der Waals surface area contributed by atoms with E-state index in [-0.39, 0.29) is 11.3 Å². The van der Waals surface area contributed by atoms with Crippen molar-refractivity contribution in [3.8, 4) is 0 Å². The van der Waals surface area contributed by atoms with Gasteiger partial charge in [0.05, 0.1) is 5.56 Å². The van der Waals surface area contributed by atoms with Crippen molar-refractivity contribution in [2.75, 3.05) is 5.32 Å². The molecule has 0 saturated heterocycles. The van der Waals surface area contributed by atoms with E-state index in [1.807, 2.05) is 26.0 Å². The molecule has 0 bridgehead atoms. The number of carboxylic acids is 1. The summed E-state index contributed by atoms with van der Waals surface area (Å²) in [6.07, 6.45) is 1.39. The molecular formula is C14H15N3O3. The number of anilines is 1. The van der Waals surface area contributed by atoms with Gasteiger partial charge in [0.1, 0.15) is 0 Å². The number of carbonyl (C=O) groups is 2. The molecule has 0 atom stereocenters. The lowest BCUT2D eigenvalue weighted by atomic mass is 10.1. The predicted molar refractivity (Wildman–Crippen MR) is 74.0 cm³/mol. The first-order valence-electron chi connectivity index (χ1n) is 6.04. The van der Waals surface area contributed by atoms with E-state index in [1.165, 1.54) is 10.9 Å². The van der Waals surface area contributed by atoms with Gasteiger partial charge in [-0.3, -0.25) is 9.48 Å². The van der Waals surface area contributed by atoms with E-state index in [0.717, 1.165) is 11.1 Å². The Morgan fingerprint density at radius 1 is 1.25 bits per heavy atom. The zero-order valence-corrected chi connectivity index (χ0v) is 11.5. The Labute approximate surface area is 116 Å². The van der Waals surface area contributed by atoms with Gasteiger partial charge in [0.15, 0.2) is 5.69 Å². The van der Waals surface area contributed by atoms with Crippen LogP contribution < -0.4 is 5.32 Å². The highest BCUT2D eigenvalue weighted by Crippen LogP contribution is 2.16. The molecule has 2 aromatic rings. The summed E-state index contributed by atoms with van der Waals surface area (Å²) in [5.41, 5.74) is 2.58. The molecular weight excluding hydrogens is 258 g/mol. The normalized spacial score (nSPS) is 10.3. The molecule has 2 rings (SSSR count). The van der Waals surface area contributed by atoms with Crippen LogP contribution >= 0.6 is 0 Å². The van der Waals surface area contributed by atoms with Crippen molar-refractivity contribution in [3.63, 3.8) is 0 Å². The maximum atomic E-state index is 12.1. The van der Waals surface area contributed by atoms with Crippen LogP contribution in [0.3, 0.4) is 0 Å². The molecule has 6 heteroatoms. The quantitative estimate of drug-likeness (QED) is 0.895. The summed E-state index contributed by atoms with van der Waals surface area (Å²) in [4.78, 5) is 23.2. The third-order valence-corrected chi connectivity index (χ3v) is 3.04. The van der Waals surface area contributed by atoms with Crippen LogP contribution in [0.4, 0.5) is 5.69 Å². The lowest BCUT2D eigenvalue weighted by molar-refractivity contribution is 0.0685. The lowest BCUT2D eigenvalue weighted by Gasteiger charge is -2.07. The summed E-state index contributed by atoms with van der Waals surface area (Å²) in [5.74, 6) is -1.71. The number of carboxylic acid groups (broad SMARTS) is 1. The number of rotatable bonds is 3. The molecule has 0 aliphatic carbocycles. The van der Waals surface area contributed by atoms with Gasteiger partial charge in [-0.2, -0.15) is 5.10 Å². The number of amides is 1. The number of aromatic carboxylic acids is 1. The number of carbonyl (C=O) groups excluding carboxylic acids is 1. The highest BCUT2D eigenvalue weighted by atomic mass is 16.4. The van der Waals surface area contributed by atoms with Gasteiger partial charge in [0, 0.05) is 18.9 Å². The van der Waals surface area contributed by atoms with Gasteiger partial charge < -0.3 is 10.4 Å². The van der Waals surface area contributed by atoms with Crippen LogP contribution in [0, 0.1) is 13.8 Å². The van der Waals surface area contributed by atoms with Crippen molar-refractivity contribution < 1.29 is 14.7 Å². The van der Waals surface area contributed by atoms with E-state index in [0.29, 0.717) is 5.69 Å². The number of aromatic nitrogens is 2. The molecule has 0 fully saturated rings. The Hall–Kier alpha value is -2.63. The lowest BCUT2D eigenvalue weighted by Crippen LogP contribution is -2.15. The van der Waals surface area contributed by atoms with E-state index in [1.54, 1.807) is 13.1 Å². The standard InChI is InChI=1S/C14H15N3O3/c1-8-4-5-10(6-9(8)2)15-13(18)11-7-17(3)16-12(11)14(19)20/h4-7H,1-3H3,(H,15,18)(H,19,20). The first-order valence-corrected chi connectivity index (χ1v) is 6.04. The average Bonchev–Trinajstić information content (AvgIpc) is 2.76. The molecule has 0 unspecified atom stereocenters. The van der Waals surface area contributed by atoms with Gasteiger partial charge in [0.25, 0.3) is 5.91 Å². The van der Waals surface area contributed by atoms with Crippen molar-refractivity contribution in [1.82, 2.24) is 9.78 Å². The minimum absolute atomic E-state index is 0.0400. The molecule has 6 nitrogen and oxygen atoms in total. The molecule has 0 saturated carbocycles. The highest BCUT2D eigenvalue weighted by molar-refractivity contribution is 6.09. The summed E-state index contributed by atoms with van der Waals surface area (Å²) in [5, 5.41) is 15.5. The number of hydrogen-bond acceptors (Lipinski definition) is 3. The van der Waals surface area contributed by atoms with Crippen molar-refractivity contribution in [2.24, 2.45) is 7.05 Å². The van der Waals surface area contributed by atoms with E-state index in [9.17, 15) is 9.59 Å². The molecule has 20 heavy (non-hydrogen) atoms. The SMILES string of the molecule is Cc1ccc(NC(=O)c2cn(C)nc2C(=O)O)cc1C. The predicted octanol–water partition coefficient (Wildman–Crippen LogP) is 1.99. The third kappa shape index (κ3) is 2.69. The Morgan fingerprint density at radius 2 is 1.95 bits per heavy atom. The van der Waals surface area contributed by atoms with E-state index in [2.05, 4.69) is 10.4 Å². The van der Waals surface area contributed by atoms with Crippen molar-refractivity contribution in [2.45, 2.75) is 13.8 Å². The Morgan fingerprint density at radius 3 is 2.55 bits per heavy atom. The van der Waals surface area contributed by atoms with Gasteiger partial charge in [-0.15, -0.1) is 0 Å². The Balaban J connectivity index is 2.28. The minimum Gasteiger partial charge on any atom is -0.476 e. The van der Waals surface area contributed by atoms with Gasteiger partial charge in [-0.1, -0.05) is 6.07 Å². The van der Waals surface area contributed by atoms with Gasteiger partial charge in [-0.05, 0) is 37.1 Å². The van der Waals surface area contributed by atoms with Crippen LogP contribution in [0.1, 0.15) is 32.0 Å². The smallest absolute Gasteiger partial charge is 0.357 e. The summed E-state index contributed by atoms with van der Waals surface area (Å²) < 4.78 is 1.30. The maximum absolute atomic E-state index is 12.1. The van der Waals surface area contributed by atoms with Gasteiger partial charge in [-0.25, -0.2) is 4.79 Å². The second kappa shape index (κ2) is 5.16. The fourth-order valence-corrected chi connectivity index (χ4v) is 1.83. The topological polar surface area (TPSA) is 84.2 Å². The van der Waals surface area contributed by atoms with Crippen LogP contribution in [0.25, 0.3) is 0 Å². The van der Waals surface area contributed by atoms with Crippen LogP contribution in [-0.2, 0) is 7.05 Å². The largest absolute Gasteiger partial charge is 0.476 e. The van der Waals surface area contributed by atoms with Crippen molar-refractivity contribution >= 4 is 17.6 Å². The third-order valence-electron chi connectivity index (χ3n) is 3.04. The molecule has 0 radical (unpaired) electrons. The number of hydrogen-bond donors (Lipinski definition) is 2. The van der Waals surface area contributed by atoms with E-state index < -0.39 is 11.9 Å². The summed E-state index contributed by atoms with van der Waals surface area (Å²) in [6, 6.07) is 5.51. The first-order chi connectivity index (χ1) is 9.38. The van der Waals surface area contributed by atoms with Crippen molar-refractivity contribution in [1.29, 1.82) is 0 Å². The Bertz CT molecular complexity index is 689. The molecule has 0 aliphatic heterocycles. The number of benzene rings is 1. The molecule has 1 aromatic heterocycles. The van der Waals surface area contributed by atoms with Crippen LogP contribution in [-0.4, -0.2) is 26.8 Å². The van der Waals surface area contributed by atoms with Crippen LogP contribution in [0.5, 0.6) is 0 Å². The second-order valence-electron chi connectivity index (χ2n) is 4.62. The first kappa shape index (κ1) is 13.8. The van der Waals surface area contributed by atoms with Crippen LogP contribution in [0.15, 0.2) is 24.4 Å². The molecule has 0 aliphatic rings. The zero-order chi connectivity index (χ0) is 14.9. The zero-order valence-electron chi connectivity index (χ0n) is 11.5. The molecule has 2 N–H and O–H groups in total. The summed E-state index contributed by atoms with van der Waals surface area (Å²) in [6.45, 7) is 3.92. The van der Waals surface area contributed by atoms with E-state index >= 15 is 0 Å². The molecule has 104 valence electrons. The maximum Gasteiger partial charge on any atom is 0.357 e. The molecule has 1 amide bonds. The van der Waals surface area contributed by atoms with E-state index in [4.69, 9.17) is 5.11 Å². The number of aryl methyl sites for hydroxylation is 3. The Kier molecular flexibility index (Phi) is 3.56. The fraction of sp³-hybridized carbons (Fsp3) is 0.214. The van der Waals surface area contributed by atoms with Crippen LogP contribution in [0.2, 0.25) is 0 Å². The van der Waals surface area contributed by atoms with Gasteiger partial charge >= 0.3 is 5.97 Å². The molecule has 1 aromatic carbocycles. The highest BCUT2D eigenvalue weighted by Gasteiger charge is 2.20. The summed E-state index contributed by atoms with van der Waals surface area (Å²) in [7, 11) is 1.57. The number of nitrogens with one attached hydrogen (secondary N) is 1. The van der Waals surface area contributed by atoms with Crippen molar-refractivity contribution in [3.05, 3.63) is 46.8 Å². The monoisotopic (exact) mass is 273 g/mol. The molecule has 0 spiro atoms. The molecule has 1 heterocycles.